The third kappa shape index (κ3) is 3.77. The van der Waals surface area contributed by atoms with Gasteiger partial charge in [-0.25, -0.2) is 0 Å². The van der Waals surface area contributed by atoms with Crippen LogP contribution < -0.4 is 0 Å². The highest BCUT2D eigenvalue weighted by atomic mass is 35.5. The Kier molecular flexibility index (Phi) is 5.70. The summed E-state index contributed by atoms with van der Waals surface area (Å²) in [6.45, 7) is 8.05. The summed E-state index contributed by atoms with van der Waals surface area (Å²) in [5.74, 6) is 0.0337. The van der Waals surface area contributed by atoms with Crippen LogP contribution in [0.15, 0.2) is 48.2 Å². The summed E-state index contributed by atoms with van der Waals surface area (Å²) < 4.78 is 0. The highest BCUT2D eigenvalue weighted by Gasteiger charge is 2.42. The molecule has 1 unspecified atom stereocenters. The summed E-state index contributed by atoms with van der Waals surface area (Å²) in [4.78, 5) is 30.5. The molecule has 0 spiro atoms. The lowest BCUT2D eigenvalue weighted by atomic mass is 9.96. The van der Waals surface area contributed by atoms with Gasteiger partial charge in [0, 0.05) is 18.1 Å². The molecular weight excluding hydrogens is 396 g/mol. The van der Waals surface area contributed by atoms with Gasteiger partial charge in [-0.3, -0.25) is 14.5 Å². The van der Waals surface area contributed by atoms with E-state index >= 15 is 0 Å². The van der Waals surface area contributed by atoms with Crippen molar-refractivity contribution in [3.05, 3.63) is 75.4 Å². The van der Waals surface area contributed by atoms with E-state index in [2.05, 4.69) is 11.8 Å². The molecule has 2 aliphatic rings. The number of imide groups is 1. The highest BCUT2D eigenvalue weighted by molar-refractivity contribution is 6.35. The number of aryl methyl sites for hydroxylation is 2. The van der Waals surface area contributed by atoms with Crippen molar-refractivity contribution >= 4 is 29.0 Å². The van der Waals surface area contributed by atoms with Crippen LogP contribution in [-0.2, 0) is 16.1 Å². The van der Waals surface area contributed by atoms with Gasteiger partial charge in [0.15, 0.2) is 0 Å². The molecule has 0 saturated carbocycles. The number of carbonyl (C=O) groups is 2. The molecule has 4 nitrogen and oxygen atoms in total. The van der Waals surface area contributed by atoms with Crippen molar-refractivity contribution in [3.8, 4) is 0 Å². The maximum absolute atomic E-state index is 13.5. The molecule has 0 bridgehead atoms. The Labute approximate surface area is 183 Å². The van der Waals surface area contributed by atoms with Crippen LogP contribution in [0.1, 0.15) is 42.0 Å². The largest absolute Gasteiger partial charge is 0.366 e. The fourth-order valence-corrected chi connectivity index (χ4v) is 4.54. The average molecular weight is 423 g/mol. The van der Waals surface area contributed by atoms with Crippen molar-refractivity contribution in [2.45, 2.75) is 40.2 Å². The lowest BCUT2D eigenvalue weighted by molar-refractivity contribution is -0.138. The number of benzene rings is 2. The van der Waals surface area contributed by atoms with Gasteiger partial charge >= 0.3 is 0 Å². The fourth-order valence-electron chi connectivity index (χ4n) is 4.35. The van der Waals surface area contributed by atoms with Gasteiger partial charge in [-0.15, -0.1) is 0 Å². The highest BCUT2D eigenvalue weighted by Crippen LogP contribution is 2.35. The Hall–Kier alpha value is -2.59. The van der Waals surface area contributed by atoms with Gasteiger partial charge in [0.05, 0.1) is 12.1 Å². The van der Waals surface area contributed by atoms with E-state index in [-0.39, 0.29) is 18.4 Å². The standard InChI is InChI=1S/C25H27ClN2O2/c1-16-7-6-12-27(14-16)23-22(19-11-10-17(2)18(3)13-19)24(29)28(25(23)30)15-20-8-4-5-9-21(20)26/h4-5,8-11,13,16H,6-7,12,14-15H2,1-3H3. The van der Waals surface area contributed by atoms with Crippen molar-refractivity contribution < 1.29 is 9.59 Å². The van der Waals surface area contributed by atoms with Crippen molar-refractivity contribution in [3.63, 3.8) is 0 Å². The maximum Gasteiger partial charge on any atom is 0.278 e. The Morgan fingerprint density at radius 2 is 1.80 bits per heavy atom. The minimum atomic E-state index is -0.239. The first kappa shape index (κ1) is 20.7. The Morgan fingerprint density at radius 1 is 1.03 bits per heavy atom. The minimum Gasteiger partial charge on any atom is -0.366 e. The molecule has 0 aromatic heterocycles. The monoisotopic (exact) mass is 422 g/mol. The molecule has 2 aromatic rings. The van der Waals surface area contributed by atoms with Crippen molar-refractivity contribution in [2.24, 2.45) is 5.92 Å². The van der Waals surface area contributed by atoms with Crippen LogP contribution >= 0.6 is 11.6 Å². The molecule has 2 aromatic carbocycles. The van der Waals surface area contributed by atoms with Crippen LogP contribution in [0.3, 0.4) is 0 Å². The topological polar surface area (TPSA) is 40.6 Å². The summed E-state index contributed by atoms with van der Waals surface area (Å²) in [5, 5.41) is 0.561. The molecular formula is C25H27ClN2O2. The lowest BCUT2D eigenvalue weighted by Gasteiger charge is -2.33. The van der Waals surface area contributed by atoms with Gasteiger partial charge < -0.3 is 4.90 Å². The van der Waals surface area contributed by atoms with Gasteiger partial charge in [0.1, 0.15) is 5.70 Å². The third-order valence-electron chi connectivity index (χ3n) is 6.20. The van der Waals surface area contributed by atoms with Crippen LogP contribution in [0.5, 0.6) is 0 Å². The Morgan fingerprint density at radius 3 is 2.50 bits per heavy atom. The van der Waals surface area contributed by atoms with E-state index in [1.807, 2.05) is 50.2 Å². The van der Waals surface area contributed by atoms with Crippen molar-refractivity contribution in [1.29, 1.82) is 0 Å². The number of likely N-dealkylation sites (tertiary alicyclic amines) is 1. The summed E-state index contributed by atoms with van der Waals surface area (Å²) in [6.07, 6.45) is 2.17. The SMILES string of the molecule is Cc1ccc(C2=C(N3CCCC(C)C3)C(=O)N(Cc3ccccc3Cl)C2=O)cc1C. The number of nitrogens with zero attached hydrogens (tertiary/aromatic N) is 2. The van der Waals surface area contributed by atoms with E-state index in [0.717, 1.165) is 48.2 Å². The first-order valence-corrected chi connectivity index (χ1v) is 10.9. The number of halogens is 1. The molecule has 0 N–H and O–H groups in total. The Balaban J connectivity index is 1.78. The summed E-state index contributed by atoms with van der Waals surface area (Å²) in [6, 6.07) is 13.3. The second-order valence-corrected chi connectivity index (χ2v) is 8.91. The maximum atomic E-state index is 13.5. The number of amides is 2. The molecule has 30 heavy (non-hydrogen) atoms. The first-order chi connectivity index (χ1) is 14.4. The average Bonchev–Trinajstić information content (AvgIpc) is 2.96. The zero-order valence-corrected chi connectivity index (χ0v) is 18.5. The smallest absolute Gasteiger partial charge is 0.278 e. The van der Waals surface area contributed by atoms with E-state index in [0.29, 0.717) is 22.2 Å². The van der Waals surface area contributed by atoms with Crippen LogP contribution in [0.2, 0.25) is 5.02 Å². The van der Waals surface area contributed by atoms with E-state index in [9.17, 15) is 9.59 Å². The number of hydrogen-bond acceptors (Lipinski definition) is 3. The van der Waals surface area contributed by atoms with Gasteiger partial charge in [-0.05, 0) is 60.9 Å². The zero-order chi connectivity index (χ0) is 21.4. The van der Waals surface area contributed by atoms with Gasteiger partial charge in [-0.1, -0.05) is 54.9 Å². The molecule has 2 amide bonds. The number of carbonyl (C=O) groups excluding carboxylic acids is 2. The van der Waals surface area contributed by atoms with E-state index in [1.165, 1.54) is 4.90 Å². The van der Waals surface area contributed by atoms with Crippen molar-refractivity contribution in [2.75, 3.05) is 13.1 Å². The van der Waals surface area contributed by atoms with Crippen LogP contribution in [0, 0.1) is 19.8 Å². The van der Waals surface area contributed by atoms with Crippen LogP contribution in [0.25, 0.3) is 5.57 Å². The zero-order valence-electron chi connectivity index (χ0n) is 17.7. The van der Waals surface area contributed by atoms with Gasteiger partial charge in [0.2, 0.25) is 0 Å². The second-order valence-electron chi connectivity index (χ2n) is 8.50. The molecule has 1 atom stereocenters. The summed E-state index contributed by atoms with van der Waals surface area (Å²) >= 11 is 6.32. The fraction of sp³-hybridized carbons (Fsp3) is 0.360. The first-order valence-electron chi connectivity index (χ1n) is 10.5. The predicted molar refractivity (Wildman–Crippen MR) is 120 cm³/mol. The van der Waals surface area contributed by atoms with Crippen molar-refractivity contribution in [1.82, 2.24) is 9.80 Å². The van der Waals surface area contributed by atoms with E-state index < -0.39 is 0 Å². The molecule has 2 aliphatic heterocycles. The molecule has 156 valence electrons. The second kappa shape index (κ2) is 8.27. The predicted octanol–water partition coefficient (Wildman–Crippen LogP) is 4.97. The van der Waals surface area contributed by atoms with E-state index in [1.54, 1.807) is 6.07 Å². The quantitative estimate of drug-likeness (QED) is 0.653. The molecule has 4 rings (SSSR count). The molecule has 0 radical (unpaired) electrons. The van der Waals surface area contributed by atoms with Crippen LogP contribution in [-0.4, -0.2) is 34.7 Å². The normalized spacial score (nSPS) is 19.8. The van der Waals surface area contributed by atoms with Crippen LogP contribution in [0.4, 0.5) is 0 Å². The third-order valence-corrected chi connectivity index (χ3v) is 6.57. The summed E-state index contributed by atoms with van der Waals surface area (Å²) in [5.41, 5.74) is 4.92. The van der Waals surface area contributed by atoms with Gasteiger partial charge in [-0.2, -0.15) is 0 Å². The molecule has 5 heteroatoms. The van der Waals surface area contributed by atoms with E-state index in [4.69, 9.17) is 11.6 Å². The lowest BCUT2D eigenvalue weighted by Crippen LogP contribution is -2.39. The molecule has 0 aliphatic carbocycles. The summed E-state index contributed by atoms with van der Waals surface area (Å²) in [7, 11) is 0. The number of hydrogen-bond donors (Lipinski definition) is 0. The Bertz CT molecular complexity index is 1040. The minimum absolute atomic E-state index is 0.179. The molecule has 1 saturated heterocycles. The molecule has 2 heterocycles. The van der Waals surface area contributed by atoms with Gasteiger partial charge in [0.25, 0.3) is 11.8 Å². The number of rotatable bonds is 4. The number of piperidine rings is 1. The molecule has 1 fully saturated rings.